The van der Waals surface area contributed by atoms with Crippen LogP contribution in [-0.2, 0) is 23.3 Å². The number of carbonyl (C=O) groups is 1. The normalized spacial score (nSPS) is 15.4. The van der Waals surface area contributed by atoms with Crippen LogP contribution < -0.4 is 5.32 Å². The molecule has 1 saturated heterocycles. The molecule has 3 aromatic rings. The largest absolute Gasteiger partial charge is 0.352 e. The summed E-state index contributed by atoms with van der Waals surface area (Å²) in [6.07, 6.45) is 1.57. The number of nitrogens with one attached hydrogen (secondary N) is 1. The molecule has 6 nitrogen and oxygen atoms in total. The highest BCUT2D eigenvalue weighted by Crippen LogP contribution is 2.26. The predicted molar refractivity (Wildman–Crippen MR) is 135 cm³/mol. The van der Waals surface area contributed by atoms with Crippen LogP contribution in [0.1, 0.15) is 50.6 Å². The third-order valence-electron chi connectivity index (χ3n) is 6.26. The van der Waals surface area contributed by atoms with E-state index in [4.69, 9.17) is 27.7 Å². The molecule has 1 fully saturated rings. The summed E-state index contributed by atoms with van der Waals surface area (Å²) in [5.41, 5.74) is 3.17. The second-order valence-electron chi connectivity index (χ2n) is 9.84. The van der Waals surface area contributed by atoms with E-state index in [9.17, 15) is 4.79 Å². The Labute approximate surface area is 210 Å². The Kier molecular flexibility index (Phi) is 7.60. The first kappa shape index (κ1) is 24.7. The van der Waals surface area contributed by atoms with Crippen LogP contribution >= 0.6 is 23.2 Å². The summed E-state index contributed by atoms with van der Waals surface area (Å²) in [4.78, 5) is 19.4. The summed E-state index contributed by atoms with van der Waals surface area (Å²) in [5, 5.41) is 8.30. The maximum atomic E-state index is 12.6. The number of nitrogens with zero attached hydrogens (tertiary/aromatic N) is 3. The molecule has 34 heavy (non-hydrogen) atoms. The summed E-state index contributed by atoms with van der Waals surface area (Å²) in [7, 11) is 0. The highest BCUT2D eigenvalue weighted by atomic mass is 35.5. The van der Waals surface area contributed by atoms with Crippen molar-refractivity contribution in [3.8, 4) is 11.4 Å². The monoisotopic (exact) mass is 500 g/mol. The third kappa shape index (κ3) is 6.17. The van der Waals surface area contributed by atoms with E-state index in [1.54, 1.807) is 12.1 Å². The number of rotatable bonds is 6. The lowest BCUT2D eigenvalue weighted by Crippen LogP contribution is -2.40. The van der Waals surface area contributed by atoms with Gasteiger partial charge in [0.15, 0.2) is 0 Å². The predicted octanol–water partition coefficient (Wildman–Crippen LogP) is 5.87. The van der Waals surface area contributed by atoms with Crippen molar-refractivity contribution in [3.05, 3.63) is 69.5 Å². The van der Waals surface area contributed by atoms with Crippen molar-refractivity contribution < 1.29 is 9.32 Å². The van der Waals surface area contributed by atoms with Gasteiger partial charge in [0.25, 0.3) is 0 Å². The van der Waals surface area contributed by atoms with Gasteiger partial charge in [0, 0.05) is 28.1 Å². The van der Waals surface area contributed by atoms with Crippen LogP contribution in [0.5, 0.6) is 0 Å². The van der Waals surface area contributed by atoms with Crippen LogP contribution in [0.3, 0.4) is 0 Å². The van der Waals surface area contributed by atoms with Crippen molar-refractivity contribution in [2.75, 3.05) is 13.1 Å². The Morgan fingerprint density at radius 3 is 2.47 bits per heavy atom. The van der Waals surface area contributed by atoms with E-state index < -0.39 is 0 Å². The maximum Gasteiger partial charge on any atom is 0.241 e. The number of likely N-dealkylation sites (tertiary alicyclic amines) is 1. The van der Waals surface area contributed by atoms with Gasteiger partial charge in [-0.25, -0.2) is 0 Å². The number of carbonyl (C=O) groups excluding carboxylic acids is 1. The average Bonchev–Trinajstić information content (AvgIpc) is 3.27. The Balaban J connectivity index is 1.26. The fourth-order valence-corrected chi connectivity index (χ4v) is 4.57. The molecule has 2 aromatic carbocycles. The lowest BCUT2D eigenvalue weighted by atomic mass is 9.87. The summed E-state index contributed by atoms with van der Waals surface area (Å²) in [6, 6.07) is 13.6. The van der Waals surface area contributed by atoms with Crippen LogP contribution in [0.4, 0.5) is 0 Å². The number of halogens is 2. The topological polar surface area (TPSA) is 71.3 Å². The molecule has 1 aromatic heterocycles. The SMILES string of the molecule is CC(C)(C)c1ccc(-c2noc(CN3CCC(C(=O)NCc4ccc(Cl)cc4Cl)CC3)n2)cc1. The highest BCUT2D eigenvalue weighted by Gasteiger charge is 2.26. The first-order valence-electron chi connectivity index (χ1n) is 11.6. The van der Waals surface area contributed by atoms with Crippen molar-refractivity contribution in [1.29, 1.82) is 0 Å². The number of aromatic nitrogens is 2. The van der Waals surface area contributed by atoms with Crippen molar-refractivity contribution in [2.24, 2.45) is 5.92 Å². The molecular weight excluding hydrogens is 471 g/mol. The Hall–Kier alpha value is -2.41. The fourth-order valence-electron chi connectivity index (χ4n) is 4.09. The lowest BCUT2D eigenvalue weighted by Gasteiger charge is -2.30. The van der Waals surface area contributed by atoms with Gasteiger partial charge in [-0.1, -0.05) is 79.5 Å². The van der Waals surface area contributed by atoms with Gasteiger partial charge in [0.1, 0.15) is 0 Å². The molecule has 0 aliphatic carbocycles. The smallest absolute Gasteiger partial charge is 0.241 e. The molecule has 1 N–H and O–H groups in total. The first-order chi connectivity index (χ1) is 16.2. The molecule has 0 unspecified atom stereocenters. The van der Waals surface area contributed by atoms with Crippen LogP contribution in [0.15, 0.2) is 47.0 Å². The van der Waals surface area contributed by atoms with Crippen LogP contribution in [0.25, 0.3) is 11.4 Å². The standard InChI is InChI=1S/C26H30Cl2N4O2/c1-26(2,3)20-7-4-17(5-8-20)24-30-23(34-31-24)16-32-12-10-18(11-13-32)25(33)29-15-19-6-9-21(27)14-22(19)28/h4-9,14,18H,10-13,15-16H2,1-3H3,(H,29,33). The van der Waals surface area contributed by atoms with E-state index >= 15 is 0 Å². The second kappa shape index (κ2) is 10.5. The average molecular weight is 501 g/mol. The van der Waals surface area contributed by atoms with E-state index in [2.05, 4.69) is 53.3 Å². The molecule has 2 heterocycles. The van der Waals surface area contributed by atoms with E-state index in [-0.39, 0.29) is 17.2 Å². The second-order valence-corrected chi connectivity index (χ2v) is 10.7. The minimum Gasteiger partial charge on any atom is -0.352 e. The molecule has 0 saturated carbocycles. The molecule has 1 amide bonds. The molecule has 0 radical (unpaired) electrons. The zero-order chi connectivity index (χ0) is 24.3. The molecule has 1 aliphatic heterocycles. The molecule has 1 aliphatic rings. The zero-order valence-electron chi connectivity index (χ0n) is 19.8. The number of benzene rings is 2. The van der Waals surface area contributed by atoms with Crippen LogP contribution in [0, 0.1) is 5.92 Å². The van der Waals surface area contributed by atoms with Gasteiger partial charge < -0.3 is 9.84 Å². The van der Waals surface area contributed by atoms with Gasteiger partial charge in [0.2, 0.25) is 17.6 Å². The van der Waals surface area contributed by atoms with E-state index in [1.807, 2.05) is 18.2 Å². The number of hydrogen-bond donors (Lipinski definition) is 1. The van der Waals surface area contributed by atoms with Crippen LogP contribution in [0.2, 0.25) is 10.0 Å². The van der Waals surface area contributed by atoms with Gasteiger partial charge in [-0.15, -0.1) is 0 Å². The highest BCUT2D eigenvalue weighted by molar-refractivity contribution is 6.35. The molecule has 0 bridgehead atoms. The molecule has 0 spiro atoms. The molecular formula is C26H30Cl2N4O2. The quantitative estimate of drug-likeness (QED) is 0.458. The summed E-state index contributed by atoms with van der Waals surface area (Å²) < 4.78 is 5.50. The fraction of sp³-hybridized carbons (Fsp3) is 0.423. The number of piperidine rings is 1. The summed E-state index contributed by atoms with van der Waals surface area (Å²) in [5.74, 6) is 1.24. The minimum atomic E-state index is -0.0121. The van der Waals surface area contributed by atoms with Crippen molar-refractivity contribution in [3.63, 3.8) is 0 Å². The van der Waals surface area contributed by atoms with Crippen molar-refractivity contribution in [2.45, 2.75) is 52.1 Å². The Morgan fingerprint density at radius 2 is 1.82 bits per heavy atom. The van der Waals surface area contributed by atoms with E-state index in [1.165, 1.54) is 5.56 Å². The van der Waals surface area contributed by atoms with Crippen LogP contribution in [-0.4, -0.2) is 34.0 Å². The Morgan fingerprint density at radius 1 is 1.12 bits per heavy atom. The van der Waals surface area contributed by atoms with Crippen molar-refractivity contribution in [1.82, 2.24) is 20.4 Å². The molecule has 8 heteroatoms. The number of amides is 1. The summed E-state index contributed by atoms with van der Waals surface area (Å²) in [6.45, 7) is 9.16. The van der Waals surface area contributed by atoms with Gasteiger partial charge in [0.05, 0.1) is 6.54 Å². The van der Waals surface area contributed by atoms with Crippen molar-refractivity contribution >= 4 is 29.1 Å². The van der Waals surface area contributed by atoms with E-state index in [0.29, 0.717) is 34.8 Å². The molecule has 180 valence electrons. The van der Waals surface area contributed by atoms with Gasteiger partial charge in [-0.3, -0.25) is 9.69 Å². The third-order valence-corrected chi connectivity index (χ3v) is 6.85. The first-order valence-corrected chi connectivity index (χ1v) is 12.3. The lowest BCUT2D eigenvalue weighted by molar-refractivity contribution is -0.126. The zero-order valence-corrected chi connectivity index (χ0v) is 21.3. The van der Waals surface area contributed by atoms with Gasteiger partial charge in [-0.05, 0) is 54.6 Å². The van der Waals surface area contributed by atoms with Gasteiger partial charge >= 0.3 is 0 Å². The van der Waals surface area contributed by atoms with Gasteiger partial charge in [-0.2, -0.15) is 4.98 Å². The number of hydrogen-bond acceptors (Lipinski definition) is 5. The minimum absolute atomic E-state index is 0.0121. The molecule has 4 rings (SSSR count). The molecule has 0 atom stereocenters. The Bertz CT molecular complexity index is 1130. The summed E-state index contributed by atoms with van der Waals surface area (Å²) >= 11 is 12.1. The van der Waals surface area contributed by atoms with E-state index in [0.717, 1.165) is 37.1 Å². The maximum absolute atomic E-state index is 12.6.